The van der Waals surface area contributed by atoms with Gasteiger partial charge in [0, 0.05) is 0 Å². The van der Waals surface area contributed by atoms with E-state index in [2.05, 4.69) is 25.0 Å². The van der Waals surface area contributed by atoms with Gasteiger partial charge in [0.25, 0.3) is 11.8 Å². The molecule has 39 heavy (non-hydrogen) atoms. The van der Waals surface area contributed by atoms with Crippen LogP contribution in [0.15, 0.2) is 60.7 Å². The highest BCUT2D eigenvalue weighted by Crippen LogP contribution is 2.39. The Hall–Kier alpha value is -2.80. The molecule has 2 fully saturated rings. The molecule has 0 spiro atoms. The van der Waals surface area contributed by atoms with Gasteiger partial charge in [-0.05, 0) is 71.2 Å². The molecule has 2 saturated heterocycles. The molecule has 2 heterocycles. The van der Waals surface area contributed by atoms with E-state index in [-0.39, 0.29) is 24.0 Å². The van der Waals surface area contributed by atoms with Gasteiger partial charge in [0.2, 0.25) is 0 Å². The van der Waals surface area contributed by atoms with Crippen LogP contribution in [0.5, 0.6) is 0 Å². The average molecular weight is 571 g/mol. The molecule has 4 atom stereocenters. The number of nitrogens with zero attached hydrogens (tertiary/aromatic N) is 1. The third-order valence-electron chi connectivity index (χ3n) is 5.76. The molecule has 0 aliphatic carbocycles. The van der Waals surface area contributed by atoms with Crippen molar-refractivity contribution in [3.8, 4) is 0 Å². The molecule has 0 aromatic heterocycles. The van der Waals surface area contributed by atoms with Crippen LogP contribution in [0.25, 0.3) is 0 Å². The fourth-order valence-electron chi connectivity index (χ4n) is 4.23. The number of rotatable bonds is 6. The molecule has 0 radical (unpaired) electrons. The van der Waals surface area contributed by atoms with Gasteiger partial charge in [-0.1, -0.05) is 60.7 Å². The van der Waals surface area contributed by atoms with Crippen LogP contribution in [0.1, 0.15) is 44.0 Å². The van der Waals surface area contributed by atoms with Gasteiger partial charge in [0.05, 0.1) is 6.04 Å². The molecule has 1 N–H and O–H groups in total. The summed E-state index contributed by atoms with van der Waals surface area (Å²) in [5.41, 5.74) is 1.34. The molecule has 0 saturated carbocycles. The number of ether oxygens (including phenoxy) is 1. The first kappa shape index (κ1) is 30.7. The van der Waals surface area contributed by atoms with Gasteiger partial charge in [-0.25, -0.2) is 9.69 Å². The topological polar surface area (TPSA) is 94.2 Å². The Morgan fingerprint density at radius 3 is 1.67 bits per heavy atom. The van der Waals surface area contributed by atoms with Gasteiger partial charge in [0.1, 0.15) is 17.7 Å². The largest absolute Gasteiger partial charge is 0.443 e. The highest BCUT2D eigenvalue weighted by atomic mass is 28.4. The smallest absolute Gasteiger partial charge is 0.417 e. The molecule has 212 valence electrons. The standard InChI is InChI=1S/C17H25NO4Si.C12H17NO2Si/c1-17(2,3)21-16(20)18-13(12-10-8-7-9-11-12)14(15(18)19)22-23(4,5)6;1-16(2,3)15-11-10(13-12(11)14)9-7-5-4-6-8-9/h7-11,13-14H,1-6H3;4-8,10-11H,1-3H3,(H,13,14)/t13-,14+;10-,11+/m00/s1. The Kier molecular flexibility index (Phi) is 9.26. The van der Waals surface area contributed by atoms with Crippen molar-refractivity contribution in [1.29, 1.82) is 0 Å². The van der Waals surface area contributed by atoms with Crippen LogP contribution in [0, 0.1) is 0 Å². The molecular formula is C29H42N2O6Si2. The third-order valence-corrected chi connectivity index (χ3v) is 7.68. The first-order chi connectivity index (χ1) is 18.0. The number of carbonyl (C=O) groups is 3. The van der Waals surface area contributed by atoms with Crippen LogP contribution in [-0.4, -0.2) is 57.3 Å². The van der Waals surface area contributed by atoms with Gasteiger partial charge in [-0.15, -0.1) is 0 Å². The van der Waals surface area contributed by atoms with Crippen molar-refractivity contribution in [3.63, 3.8) is 0 Å². The highest BCUT2D eigenvalue weighted by Gasteiger charge is 2.54. The summed E-state index contributed by atoms with van der Waals surface area (Å²) in [5.74, 6) is -0.313. The Labute approximate surface area is 234 Å². The molecule has 2 aliphatic heterocycles. The minimum atomic E-state index is -1.92. The van der Waals surface area contributed by atoms with Crippen LogP contribution in [0.3, 0.4) is 0 Å². The van der Waals surface area contributed by atoms with E-state index in [1.165, 1.54) is 4.90 Å². The van der Waals surface area contributed by atoms with Crippen molar-refractivity contribution in [2.75, 3.05) is 0 Å². The maximum atomic E-state index is 12.5. The van der Waals surface area contributed by atoms with Crippen molar-refractivity contribution < 1.29 is 28.0 Å². The number of amides is 3. The molecule has 0 bridgehead atoms. The number of β-lactam (4-membered cyclic amide) rings is 2. The molecule has 2 aromatic carbocycles. The lowest BCUT2D eigenvalue weighted by molar-refractivity contribution is -0.162. The van der Waals surface area contributed by atoms with Crippen molar-refractivity contribution in [2.45, 2.75) is 89.9 Å². The van der Waals surface area contributed by atoms with Crippen molar-refractivity contribution >= 4 is 34.5 Å². The summed E-state index contributed by atoms with van der Waals surface area (Å²) in [4.78, 5) is 37.5. The number of carbonyl (C=O) groups excluding carboxylic acids is 3. The second-order valence-corrected chi connectivity index (χ2v) is 21.7. The number of benzene rings is 2. The van der Waals surface area contributed by atoms with Gasteiger partial charge in [0.15, 0.2) is 22.7 Å². The molecule has 4 rings (SSSR count). The first-order valence-corrected chi connectivity index (χ1v) is 20.1. The van der Waals surface area contributed by atoms with Crippen LogP contribution in [-0.2, 0) is 23.2 Å². The summed E-state index contributed by atoms with van der Waals surface area (Å²) in [6.07, 6.45) is -1.53. The second-order valence-electron chi connectivity index (χ2n) is 12.7. The number of likely N-dealkylation sites (tertiary alicyclic amines) is 1. The van der Waals surface area contributed by atoms with E-state index in [1.807, 2.05) is 80.3 Å². The molecule has 2 aromatic rings. The normalized spacial score (nSPS) is 23.1. The number of hydrogen-bond donors (Lipinski definition) is 1. The summed E-state index contributed by atoms with van der Waals surface area (Å²) in [7, 11) is -3.58. The summed E-state index contributed by atoms with van der Waals surface area (Å²) in [6, 6.07) is 19.0. The minimum Gasteiger partial charge on any atom is -0.443 e. The molecule has 8 nitrogen and oxygen atoms in total. The predicted octanol–water partition coefficient (Wildman–Crippen LogP) is 5.80. The summed E-state index contributed by atoms with van der Waals surface area (Å²) in [5, 5.41) is 2.89. The number of nitrogens with one attached hydrogen (secondary N) is 1. The highest BCUT2D eigenvalue weighted by molar-refractivity contribution is 6.70. The van der Waals surface area contributed by atoms with Crippen LogP contribution in [0.2, 0.25) is 39.3 Å². The van der Waals surface area contributed by atoms with E-state index in [0.717, 1.165) is 11.1 Å². The zero-order valence-electron chi connectivity index (χ0n) is 24.5. The SMILES string of the molecule is CC(C)(C)OC(=O)N1C(=O)[C@H](O[Si](C)(C)C)[C@@H]1c1ccccc1.C[Si](C)(C)O[C@H]1C(=O)N[C@H]1c1ccccc1. The molecular weight excluding hydrogens is 528 g/mol. The lowest BCUT2D eigenvalue weighted by Crippen LogP contribution is -2.64. The minimum absolute atomic E-state index is 0.0104. The van der Waals surface area contributed by atoms with E-state index >= 15 is 0 Å². The Morgan fingerprint density at radius 2 is 1.23 bits per heavy atom. The summed E-state index contributed by atoms with van der Waals surface area (Å²) < 4.78 is 17.2. The lowest BCUT2D eigenvalue weighted by atomic mass is 9.91. The molecule has 10 heteroatoms. The van der Waals surface area contributed by atoms with E-state index in [9.17, 15) is 14.4 Å². The average Bonchev–Trinajstić information content (AvgIpc) is 2.82. The molecule has 3 amide bonds. The quantitative estimate of drug-likeness (QED) is 0.348. The predicted molar refractivity (Wildman–Crippen MR) is 156 cm³/mol. The van der Waals surface area contributed by atoms with Gasteiger partial charge >= 0.3 is 6.09 Å². The zero-order chi connectivity index (χ0) is 29.2. The summed E-state index contributed by atoms with van der Waals surface area (Å²) >= 11 is 0. The maximum absolute atomic E-state index is 12.5. The number of hydrogen-bond acceptors (Lipinski definition) is 6. The monoisotopic (exact) mass is 570 g/mol. The van der Waals surface area contributed by atoms with E-state index in [0.29, 0.717) is 0 Å². The fraction of sp³-hybridized carbons (Fsp3) is 0.483. The molecule has 2 aliphatic rings. The zero-order valence-corrected chi connectivity index (χ0v) is 26.5. The van der Waals surface area contributed by atoms with Crippen molar-refractivity contribution in [2.24, 2.45) is 0 Å². The number of imide groups is 1. The first-order valence-electron chi connectivity index (χ1n) is 13.3. The maximum Gasteiger partial charge on any atom is 0.417 e. The Bertz CT molecular complexity index is 1160. The molecule has 0 unspecified atom stereocenters. The van der Waals surface area contributed by atoms with Crippen molar-refractivity contribution in [1.82, 2.24) is 10.2 Å². The van der Waals surface area contributed by atoms with E-state index in [4.69, 9.17) is 13.6 Å². The van der Waals surface area contributed by atoms with E-state index in [1.54, 1.807) is 20.8 Å². The fourth-order valence-corrected chi connectivity index (χ4v) is 6.23. The van der Waals surface area contributed by atoms with Crippen LogP contribution >= 0.6 is 0 Å². The van der Waals surface area contributed by atoms with Crippen molar-refractivity contribution in [3.05, 3.63) is 71.8 Å². The van der Waals surface area contributed by atoms with Gasteiger partial charge < -0.3 is 18.9 Å². The Morgan fingerprint density at radius 1 is 0.769 bits per heavy atom. The van der Waals surface area contributed by atoms with Crippen LogP contribution < -0.4 is 5.32 Å². The van der Waals surface area contributed by atoms with Gasteiger partial charge in [-0.3, -0.25) is 9.59 Å². The van der Waals surface area contributed by atoms with E-state index < -0.39 is 40.5 Å². The van der Waals surface area contributed by atoms with Gasteiger partial charge in [-0.2, -0.15) is 0 Å². The van der Waals surface area contributed by atoms with Crippen LogP contribution in [0.4, 0.5) is 4.79 Å². The second kappa shape index (κ2) is 11.8. The third kappa shape index (κ3) is 8.34. The summed E-state index contributed by atoms with van der Waals surface area (Å²) in [6.45, 7) is 17.7. The Balaban J connectivity index is 0.000000230. The lowest BCUT2D eigenvalue weighted by Gasteiger charge is -2.47.